The molecule has 1 saturated heterocycles. The molecule has 1 unspecified atom stereocenters. The summed E-state index contributed by atoms with van der Waals surface area (Å²) in [5.41, 5.74) is 0. The molecule has 0 radical (unpaired) electrons. The van der Waals surface area contributed by atoms with Gasteiger partial charge in [0.25, 0.3) is 0 Å². The maximum Gasteiger partial charge on any atom is 0.211 e. The zero-order chi connectivity index (χ0) is 12.6. The smallest absolute Gasteiger partial charge is 0.211 e. The first-order valence-electron chi connectivity index (χ1n) is 5.29. The Hall–Kier alpha value is -0.140. The highest BCUT2D eigenvalue weighted by Gasteiger charge is 2.36. The quantitative estimate of drug-likeness (QED) is 0.725. The van der Waals surface area contributed by atoms with Crippen molar-refractivity contribution < 1.29 is 16.8 Å². The molecule has 96 valence electrons. The predicted octanol–water partition coefficient (Wildman–Crippen LogP) is 0.0911. The normalized spacial score (nSPS) is 25.4. The fourth-order valence-corrected chi connectivity index (χ4v) is 5.03. The van der Waals surface area contributed by atoms with E-state index in [2.05, 4.69) is 0 Å². The molecular formula is C9H19NO4S2. The zero-order valence-electron chi connectivity index (χ0n) is 9.88. The number of sulfone groups is 1. The molecule has 1 rings (SSSR count). The average Bonchev–Trinajstić information content (AvgIpc) is 2.39. The molecule has 1 atom stereocenters. The summed E-state index contributed by atoms with van der Waals surface area (Å²) in [6.45, 7) is 4.22. The highest BCUT2D eigenvalue weighted by atomic mass is 32.2. The van der Waals surface area contributed by atoms with E-state index >= 15 is 0 Å². The van der Waals surface area contributed by atoms with Crippen molar-refractivity contribution in [3.63, 3.8) is 0 Å². The molecule has 0 aliphatic carbocycles. The molecular weight excluding hydrogens is 250 g/mol. The van der Waals surface area contributed by atoms with Crippen molar-refractivity contribution in [2.24, 2.45) is 5.92 Å². The van der Waals surface area contributed by atoms with Crippen LogP contribution in [0.4, 0.5) is 0 Å². The van der Waals surface area contributed by atoms with Crippen LogP contribution in [0.15, 0.2) is 0 Å². The minimum absolute atomic E-state index is 0.0349. The summed E-state index contributed by atoms with van der Waals surface area (Å²) in [6, 6.07) is -0.373. The molecule has 1 heterocycles. The van der Waals surface area contributed by atoms with Crippen molar-refractivity contribution in [2.75, 3.05) is 24.3 Å². The second kappa shape index (κ2) is 4.62. The topological polar surface area (TPSA) is 71.5 Å². The molecule has 16 heavy (non-hydrogen) atoms. The Kier molecular flexibility index (Phi) is 4.02. The highest BCUT2D eigenvalue weighted by molar-refractivity contribution is 7.92. The van der Waals surface area contributed by atoms with E-state index in [0.717, 1.165) is 6.26 Å². The molecule has 0 saturated carbocycles. The Morgan fingerprint density at radius 2 is 1.94 bits per heavy atom. The third kappa shape index (κ3) is 3.71. The van der Waals surface area contributed by atoms with Gasteiger partial charge in [0.1, 0.15) is 0 Å². The Balaban J connectivity index is 2.88. The van der Waals surface area contributed by atoms with Crippen LogP contribution in [-0.2, 0) is 19.9 Å². The lowest BCUT2D eigenvalue weighted by atomic mass is 10.2. The summed E-state index contributed by atoms with van der Waals surface area (Å²) < 4.78 is 47.2. The molecule has 0 aromatic rings. The van der Waals surface area contributed by atoms with E-state index in [-0.39, 0.29) is 23.5 Å². The van der Waals surface area contributed by atoms with Crippen LogP contribution in [-0.4, -0.2) is 51.5 Å². The molecule has 1 aliphatic heterocycles. The average molecular weight is 269 g/mol. The first-order valence-corrected chi connectivity index (χ1v) is 8.96. The largest absolute Gasteiger partial charge is 0.229 e. The van der Waals surface area contributed by atoms with Crippen LogP contribution < -0.4 is 0 Å². The Labute approximate surface area is 97.8 Å². The second-order valence-electron chi connectivity index (χ2n) is 4.78. The summed E-state index contributed by atoms with van der Waals surface area (Å²) in [7, 11) is -6.37. The van der Waals surface area contributed by atoms with Crippen LogP contribution in [0.2, 0.25) is 0 Å². The van der Waals surface area contributed by atoms with Crippen LogP contribution in [0.3, 0.4) is 0 Å². The van der Waals surface area contributed by atoms with Gasteiger partial charge >= 0.3 is 0 Å². The Bertz CT molecular complexity index is 438. The van der Waals surface area contributed by atoms with Crippen molar-refractivity contribution in [1.29, 1.82) is 0 Å². The summed E-state index contributed by atoms with van der Waals surface area (Å²) >= 11 is 0. The standard InChI is InChI=1S/C9H19NO4S2/c1-8(2)6-10(15(3,11)12)9-4-5-16(13,14)7-9/h8-9H,4-7H2,1-3H3. The van der Waals surface area contributed by atoms with E-state index in [1.54, 1.807) is 0 Å². The van der Waals surface area contributed by atoms with Gasteiger partial charge in [0.2, 0.25) is 10.0 Å². The van der Waals surface area contributed by atoms with Gasteiger partial charge in [-0.25, -0.2) is 16.8 Å². The van der Waals surface area contributed by atoms with Crippen molar-refractivity contribution in [1.82, 2.24) is 4.31 Å². The van der Waals surface area contributed by atoms with Gasteiger partial charge in [-0.1, -0.05) is 13.8 Å². The summed E-state index contributed by atoms with van der Waals surface area (Å²) in [6.07, 6.45) is 1.56. The maximum absolute atomic E-state index is 11.6. The van der Waals surface area contributed by atoms with Gasteiger partial charge in [-0.15, -0.1) is 0 Å². The minimum Gasteiger partial charge on any atom is -0.229 e. The molecule has 5 nitrogen and oxygen atoms in total. The van der Waals surface area contributed by atoms with E-state index in [4.69, 9.17) is 0 Å². The fraction of sp³-hybridized carbons (Fsp3) is 1.00. The van der Waals surface area contributed by atoms with Crippen molar-refractivity contribution in [3.8, 4) is 0 Å². The summed E-state index contributed by atoms with van der Waals surface area (Å²) in [5.74, 6) is 0.257. The molecule has 0 aromatic carbocycles. The molecule has 0 spiro atoms. The van der Waals surface area contributed by atoms with Crippen molar-refractivity contribution in [3.05, 3.63) is 0 Å². The molecule has 0 bridgehead atoms. The van der Waals surface area contributed by atoms with Crippen LogP contribution in [0.5, 0.6) is 0 Å². The number of rotatable bonds is 4. The highest BCUT2D eigenvalue weighted by Crippen LogP contribution is 2.21. The molecule has 0 N–H and O–H groups in total. The second-order valence-corrected chi connectivity index (χ2v) is 8.95. The molecule has 1 aliphatic rings. The van der Waals surface area contributed by atoms with E-state index in [0.29, 0.717) is 13.0 Å². The number of sulfonamides is 1. The number of nitrogens with zero attached hydrogens (tertiary/aromatic N) is 1. The zero-order valence-corrected chi connectivity index (χ0v) is 11.5. The number of hydrogen-bond acceptors (Lipinski definition) is 4. The third-order valence-electron chi connectivity index (χ3n) is 2.59. The van der Waals surface area contributed by atoms with Crippen LogP contribution in [0, 0.1) is 5.92 Å². The molecule has 1 fully saturated rings. The van der Waals surface area contributed by atoms with Crippen molar-refractivity contribution in [2.45, 2.75) is 26.3 Å². The van der Waals surface area contributed by atoms with E-state index in [1.807, 2.05) is 13.8 Å². The van der Waals surface area contributed by atoms with E-state index in [9.17, 15) is 16.8 Å². The lowest BCUT2D eigenvalue weighted by Crippen LogP contribution is -2.42. The van der Waals surface area contributed by atoms with Gasteiger partial charge in [0, 0.05) is 12.6 Å². The van der Waals surface area contributed by atoms with Gasteiger partial charge in [-0.3, -0.25) is 0 Å². The fourth-order valence-electron chi connectivity index (χ4n) is 1.92. The monoisotopic (exact) mass is 269 g/mol. The van der Waals surface area contributed by atoms with E-state index < -0.39 is 19.9 Å². The lowest BCUT2D eigenvalue weighted by molar-refractivity contribution is 0.310. The number of hydrogen-bond donors (Lipinski definition) is 0. The molecule has 0 amide bonds. The van der Waals surface area contributed by atoms with Gasteiger partial charge in [0.15, 0.2) is 9.84 Å². The molecule has 0 aromatic heterocycles. The Morgan fingerprint density at radius 3 is 2.25 bits per heavy atom. The van der Waals surface area contributed by atoms with Gasteiger partial charge < -0.3 is 0 Å². The molecule has 7 heteroatoms. The predicted molar refractivity (Wildman–Crippen MR) is 63.4 cm³/mol. The minimum atomic E-state index is -3.32. The SMILES string of the molecule is CC(C)CN(C1CCS(=O)(=O)C1)S(C)(=O)=O. The lowest BCUT2D eigenvalue weighted by Gasteiger charge is -2.27. The van der Waals surface area contributed by atoms with Crippen molar-refractivity contribution >= 4 is 19.9 Å². The first kappa shape index (κ1) is 13.9. The van der Waals surface area contributed by atoms with Gasteiger partial charge in [-0.05, 0) is 12.3 Å². The van der Waals surface area contributed by atoms with Crippen LogP contribution >= 0.6 is 0 Å². The maximum atomic E-state index is 11.6. The van der Waals surface area contributed by atoms with Crippen LogP contribution in [0.25, 0.3) is 0 Å². The first-order chi connectivity index (χ1) is 7.12. The summed E-state index contributed by atoms with van der Waals surface area (Å²) in [4.78, 5) is 0. The Morgan fingerprint density at radius 1 is 1.38 bits per heavy atom. The third-order valence-corrected chi connectivity index (χ3v) is 5.64. The van der Waals surface area contributed by atoms with Gasteiger partial charge in [0.05, 0.1) is 17.8 Å². The van der Waals surface area contributed by atoms with E-state index in [1.165, 1.54) is 4.31 Å². The van der Waals surface area contributed by atoms with Crippen LogP contribution in [0.1, 0.15) is 20.3 Å². The van der Waals surface area contributed by atoms with Gasteiger partial charge in [-0.2, -0.15) is 4.31 Å². The summed E-state index contributed by atoms with van der Waals surface area (Å²) in [5, 5.41) is 0.